The van der Waals surface area contributed by atoms with E-state index in [0.29, 0.717) is 5.69 Å². The van der Waals surface area contributed by atoms with Crippen molar-refractivity contribution in [3.63, 3.8) is 0 Å². The van der Waals surface area contributed by atoms with Crippen molar-refractivity contribution in [2.45, 2.75) is 18.4 Å². The number of rotatable bonds is 7. The Morgan fingerprint density at radius 1 is 0.935 bits per heavy atom. The van der Waals surface area contributed by atoms with E-state index in [1.54, 1.807) is 0 Å². The molecule has 0 bridgehead atoms. The first-order valence-corrected chi connectivity index (χ1v) is 11.2. The fraction of sp³-hybridized carbons (Fsp3) is 0.143. The maximum atomic E-state index is 11.3. The second kappa shape index (κ2) is 11.4. The number of hydrogen-bond donors (Lipinski definition) is 1. The molecule has 1 radical (unpaired) electrons. The third-order valence-corrected chi connectivity index (χ3v) is 5.99. The summed E-state index contributed by atoms with van der Waals surface area (Å²) in [6.45, 7) is 3.74. The van der Waals surface area contributed by atoms with E-state index in [4.69, 9.17) is 27.8 Å². The first kappa shape index (κ1) is 25.8. The number of halogens is 2. The first-order chi connectivity index (χ1) is 14.3. The molecule has 0 fully saturated rings. The molecule has 10 heteroatoms. The molecule has 0 aliphatic carbocycles. The second-order valence-electron chi connectivity index (χ2n) is 6.43. The quantitative estimate of drug-likeness (QED) is 0.241. The normalized spacial score (nSPS) is 11.4. The molecule has 0 aliphatic heterocycles. The largest absolute Gasteiger partial charge is 0.367 e. The average molecular weight is 487 g/mol. The summed E-state index contributed by atoms with van der Waals surface area (Å²) in [5.41, 5.74) is 3.07. The molecule has 0 aliphatic rings. The van der Waals surface area contributed by atoms with Gasteiger partial charge in [0.1, 0.15) is 10.6 Å². The van der Waals surface area contributed by atoms with E-state index >= 15 is 0 Å². The molecule has 3 aromatic carbocycles. The van der Waals surface area contributed by atoms with Crippen LogP contribution in [0, 0.1) is 0 Å². The topological polar surface area (TPSA) is 82.3 Å². The number of anilines is 1. The molecule has 0 spiro atoms. The Labute approximate surface area is 213 Å². The summed E-state index contributed by atoms with van der Waals surface area (Å²) >= 11 is 11.9. The summed E-state index contributed by atoms with van der Waals surface area (Å²) in [7, 11) is -4.47. The van der Waals surface area contributed by atoms with Crippen LogP contribution in [0.1, 0.15) is 12.5 Å². The fourth-order valence-electron chi connectivity index (χ4n) is 2.82. The number of azo groups is 1. The van der Waals surface area contributed by atoms with Gasteiger partial charge in [-0.25, -0.2) is 0 Å². The van der Waals surface area contributed by atoms with Crippen LogP contribution in [0.25, 0.3) is 0 Å². The van der Waals surface area contributed by atoms with Crippen LogP contribution >= 0.6 is 23.2 Å². The van der Waals surface area contributed by atoms with Crippen LogP contribution in [-0.2, 0) is 16.7 Å². The van der Waals surface area contributed by atoms with Crippen molar-refractivity contribution in [3.05, 3.63) is 82.3 Å². The van der Waals surface area contributed by atoms with E-state index in [0.717, 1.165) is 24.8 Å². The van der Waals surface area contributed by atoms with Gasteiger partial charge in [0.05, 0.1) is 15.7 Å². The van der Waals surface area contributed by atoms with Crippen molar-refractivity contribution in [3.8, 4) is 0 Å². The van der Waals surface area contributed by atoms with E-state index in [2.05, 4.69) is 34.2 Å². The van der Waals surface area contributed by atoms with Gasteiger partial charge in [-0.05, 0) is 48.9 Å². The molecule has 0 atom stereocenters. The molecular formula is C21H19Cl2N3NaO3S. The molecule has 0 aromatic heterocycles. The zero-order chi connectivity index (χ0) is 21.7. The van der Waals surface area contributed by atoms with Gasteiger partial charge >= 0.3 is 0 Å². The van der Waals surface area contributed by atoms with Crippen molar-refractivity contribution in [2.75, 3.05) is 11.4 Å². The first-order valence-electron chi connectivity index (χ1n) is 9.05. The van der Waals surface area contributed by atoms with E-state index in [1.807, 2.05) is 42.5 Å². The molecule has 3 rings (SSSR count). The molecule has 3 aromatic rings. The Morgan fingerprint density at radius 3 is 2.16 bits per heavy atom. The Hall–Kier alpha value is -1.45. The smallest absolute Gasteiger partial charge is 0.296 e. The van der Waals surface area contributed by atoms with Crippen molar-refractivity contribution in [1.82, 2.24) is 0 Å². The van der Waals surface area contributed by atoms with E-state index < -0.39 is 15.0 Å². The van der Waals surface area contributed by atoms with Gasteiger partial charge < -0.3 is 4.90 Å². The van der Waals surface area contributed by atoms with Gasteiger partial charge in [0, 0.05) is 48.3 Å². The van der Waals surface area contributed by atoms with Gasteiger partial charge in [0.15, 0.2) is 0 Å². The number of benzene rings is 3. The zero-order valence-corrected chi connectivity index (χ0v) is 21.4. The Morgan fingerprint density at radius 2 is 1.58 bits per heavy atom. The summed E-state index contributed by atoms with van der Waals surface area (Å²) < 4.78 is 31.7. The predicted octanol–water partition coefficient (Wildman–Crippen LogP) is 6.30. The number of nitrogens with zero attached hydrogens (tertiary/aromatic N) is 3. The van der Waals surface area contributed by atoms with Crippen molar-refractivity contribution in [1.29, 1.82) is 0 Å². The third kappa shape index (κ3) is 7.02. The Balaban J connectivity index is 0.00000341. The maximum Gasteiger partial charge on any atom is 0.296 e. The molecule has 0 saturated carbocycles. The minimum Gasteiger partial charge on any atom is -0.367 e. The van der Waals surface area contributed by atoms with Gasteiger partial charge in [-0.3, -0.25) is 4.55 Å². The fourth-order valence-corrected chi connectivity index (χ4v) is 4.11. The van der Waals surface area contributed by atoms with Gasteiger partial charge in [-0.2, -0.15) is 13.5 Å². The summed E-state index contributed by atoms with van der Waals surface area (Å²) in [5, 5.41) is 7.99. The van der Waals surface area contributed by atoms with Crippen LogP contribution < -0.4 is 4.90 Å². The van der Waals surface area contributed by atoms with E-state index in [-0.39, 0.29) is 45.3 Å². The SMILES string of the molecule is CCN(Cc1ccccc1)c1ccc(N=Nc2cc(Cl)c(S(=O)(=O)O)cc2Cl)cc1.[Na]. The van der Waals surface area contributed by atoms with Crippen LogP contribution in [0.4, 0.5) is 17.1 Å². The molecule has 157 valence electrons. The van der Waals surface area contributed by atoms with Crippen molar-refractivity contribution < 1.29 is 13.0 Å². The summed E-state index contributed by atoms with van der Waals surface area (Å²) in [6, 6.07) is 20.1. The van der Waals surface area contributed by atoms with Crippen molar-refractivity contribution in [2.24, 2.45) is 10.2 Å². The average Bonchev–Trinajstić information content (AvgIpc) is 2.73. The van der Waals surface area contributed by atoms with Gasteiger partial charge in [0.2, 0.25) is 0 Å². The minimum atomic E-state index is -4.47. The van der Waals surface area contributed by atoms with Crippen LogP contribution in [0.3, 0.4) is 0 Å². The minimum absolute atomic E-state index is 0. The molecule has 6 nitrogen and oxygen atoms in total. The van der Waals surface area contributed by atoms with Gasteiger partial charge in [0.25, 0.3) is 10.1 Å². The summed E-state index contributed by atoms with van der Waals surface area (Å²) in [5.74, 6) is 0. The van der Waals surface area contributed by atoms with Crippen molar-refractivity contribution >= 4 is 79.9 Å². The molecule has 0 unspecified atom stereocenters. The Bertz CT molecular complexity index is 1160. The second-order valence-corrected chi connectivity index (χ2v) is 8.63. The molecule has 1 N–H and O–H groups in total. The Kier molecular flexibility index (Phi) is 9.51. The molecule has 0 saturated heterocycles. The molecule has 31 heavy (non-hydrogen) atoms. The van der Waals surface area contributed by atoms with Crippen LogP contribution in [0.2, 0.25) is 10.0 Å². The predicted molar refractivity (Wildman–Crippen MR) is 126 cm³/mol. The van der Waals surface area contributed by atoms with E-state index in [9.17, 15) is 8.42 Å². The van der Waals surface area contributed by atoms with Crippen LogP contribution in [0.5, 0.6) is 0 Å². The zero-order valence-electron chi connectivity index (χ0n) is 17.0. The maximum absolute atomic E-state index is 11.3. The van der Waals surface area contributed by atoms with Crippen LogP contribution in [0.15, 0.2) is 81.9 Å². The summed E-state index contributed by atoms with van der Waals surface area (Å²) in [4.78, 5) is 1.76. The number of hydrogen-bond acceptors (Lipinski definition) is 5. The third-order valence-electron chi connectivity index (χ3n) is 4.37. The summed E-state index contributed by atoms with van der Waals surface area (Å²) in [6.07, 6.45) is 0. The standard InChI is InChI=1S/C21H19Cl2N3O3S.Na/c1-2-26(14-15-6-4-3-5-7-15)17-10-8-16(9-11-17)24-25-20-12-19(23)21(13-18(20)22)30(27,28)29;/h3-13H,2,14H2,1H3,(H,27,28,29);. The van der Waals surface area contributed by atoms with Gasteiger partial charge in [-0.15, -0.1) is 5.11 Å². The monoisotopic (exact) mass is 486 g/mol. The van der Waals surface area contributed by atoms with Crippen LogP contribution in [-0.4, -0.2) is 49.1 Å². The van der Waals surface area contributed by atoms with E-state index in [1.165, 1.54) is 11.6 Å². The molecule has 0 heterocycles. The molecule has 0 amide bonds. The van der Waals surface area contributed by atoms with Gasteiger partial charge in [-0.1, -0.05) is 53.5 Å². The molecular weight excluding hydrogens is 468 g/mol.